The summed E-state index contributed by atoms with van der Waals surface area (Å²) >= 11 is 9.81. The van der Waals surface area contributed by atoms with E-state index >= 15 is 0 Å². The minimum Gasteiger partial charge on any atom is -0.299 e. The Morgan fingerprint density at radius 1 is 1.29 bits per heavy atom. The Balaban J connectivity index is 2.17. The second-order valence-corrected chi connectivity index (χ2v) is 6.09. The summed E-state index contributed by atoms with van der Waals surface area (Å²) in [5.41, 5.74) is 2.69. The van der Waals surface area contributed by atoms with Gasteiger partial charge in [-0.05, 0) is 25.0 Å². The Morgan fingerprint density at radius 2 is 2.00 bits per heavy atom. The zero-order valence-electron chi connectivity index (χ0n) is 12.2. The Kier molecular flexibility index (Phi) is 5.59. The monoisotopic (exact) mass is 368 g/mol. The Bertz CT molecular complexity index is 652. The van der Waals surface area contributed by atoms with Gasteiger partial charge in [0.15, 0.2) is 0 Å². The van der Waals surface area contributed by atoms with Crippen molar-refractivity contribution in [3.8, 4) is 0 Å². The highest BCUT2D eigenvalue weighted by Crippen LogP contribution is 2.23. The first kappa shape index (κ1) is 16.2. The van der Waals surface area contributed by atoms with Crippen molar-refractivity contribution in [1.82, 2.24) is 9.78 Å². The first-order valence-corrected chi connectivity index (χ1v) is 8.23. The van der Waals surface area contributed by atoms with Gasteiger partial charge in [0.05, 0.1) is 22.8 Å². The number of rotatable bonds is 6. The van der Waals surface area contributed by atoms with Crippen LogP contribution < -0.4 is 0 Å². The van der Waals surface area contributed by atoms with Crippen LogP contribution in [0, 0.1) is 0 Å². The normalized spacial score (nSPS) is 10.9. The smallest absolute Gasteiger partial charge is 0.143 e. The summed E-state index contributed by atoms with van der Waals surface area (Å²) in [6.07, 6.45) is 1.49. The lowest BCUT2D eigenvalue weighted by Gasteiger charge is -2.06. The molecule has 0 amide bonds. The topological polar surface area (TPSA) is 34.9 Å². The van der Waals surface area contributed by atoms with Crippen molar-refractivity contribution in [3.05, 3.63) is 50.7 Å². The molecule has 1 aromatic carbocycles. The molecule has 1 aromatic heterocycles. The van der Waals surface area contributed by atoms with Crippen molar-refractivity contribution >= 4 is 33.3 Å². The van der Waals surface area contributed by atoms with E-state index in [9.17, 15) is 4.79 Å². The van der Waals surface area contributed by atoms with E-state index in [1.165, 1.54) is 0 Å². The standard InChI is InChI=1S/C16H18BrClN2O/c1-3-14-16(18)15(20(4-2)19-14)10-12(21)9-11-7-5-6-8-13(11)17/h5-8H,3-4,9-10H2,1-2H3. The Hall–Kier alpha value is -1.13. The van der Waals surface area contributed by atoms with Crippen molar-refractivity contribution in [2.75, 3.05) is 0 Å². The summed E-state index contributed by atoms with van der Waals surface area (Å²) in [5.74, 6) is 0.140. The van der Waals surface area contributed by atoms with Crippen LogP contribution in [0.15, 0.2) is 28.7 Å². The highest BCUT2D eigenvalue weighted by molar-refractivity contribution is 9.10. The first-order valence-electron chi connectivity index (χ1n) is 7.05. The molecule has 0 N–H and O–H groups in total. The van der Waals surface area contributed by atoms with Gasteiger partial charge in [-0.3, -0.25) is 9.48 Å². The van der Waals surface area contributed by atoms with Crippen molar-refractivity contribution in [2.24, 2.45) is 0 Å². The summed E-state index contributed by atoms with van der Waals surface area (Å²) in [4.78, 5) is 12.3. The van der Waals surface area contributed by atoms with Crippen LogP contribution in [0.3, 0.4) is 0 Å². The number of aryl methyl sites for hydroxylation is 2. The summed E-state index contributed by atoms with van der Waals surface area (Å²) in [7, 11) is 0. The van der Waals surface area contributed by atoms with E-state index in [4.69, 9.17) is 11.6 Å². The predicted molar refractivity (Wildman–Crippen MR) is 88.8 cm³/mol. The van der Waals surface area contributed by atoms with Crippen molar-refractivity contribution in [1.29, 1.82) is 0 Å². The summed E-state index contributed by atoms with van der Waals surface area (Å²) < 4.78 is 2.79. The van der Waals surface area contributed by atoms with E-state index in [0.29, 0.717) is 17.9 Å². The zero-order valence-corrected chi connectivity index (χ0v) is 14.5. The van der Waals surface area contributed by atoms with Gasteiger partial charge >= 0.3 is 0 Å². The predicted octanol–water partition coefficient (Wildman–Crippen LogP) is 4.24. The molecule has 1 heterocycles. The molecule has 2 aromatic rings. The quantitative estimate of drug-likeness (QED) is 0.763. The first-order chi connectivity index (χ1) is 10.1. The van der Waals surface area contributed by atoms with Crippen LogP contribution in [0.1, 0.15) is 30.8 Å². The number of hydrogen-bond donors (Lipinski definition) is 0. The number of ketones is 1. The molecule has 0 bridgehead atoms. The van der Waals surface area contributed by atoms with Gasteiger partial charge in [0.2, 0.25) is 0 Å². The molecular formula is C16H18BrClN2O. The minimum atomic E-state index is 0.140. The molecule has 0 saturated heterocycles. The molecule has 0 aliphatic heterocycles. The van der Waals surface area contributed by atoms with Crippen LogP contribution in [-0.4, -0.2) is 15.6 Å². The SMILES string of the molecule is CCc1nn(CC)c(CC(=O)Cc2ccccc2Br)c1Cl. The van der Waals surface area contributed by atoms with Crippen LogP contribution in [0.2, 0.25) is 5.02 Å². The number of Topliss-reactive ketones (excluding diaryl/α,β-unsaturated/α-hetero) is 1. The maximum atomic E-state index is 12.3. The van der Waals surface area contributed by atoms with E-state index in [2.05, 4.69) is 21.0 Å². The lowest BCUT2D eigenvalue weighted by Crippen LogP contribution is -2.12. The van der Waals surface area contributed by atoms with E-state index in [1.54, 1.807) is 0 Å². The summed E-state index contributed by atoms with van der Waals surface area (Å²) in [6.45, 7) is 4.74. The van der Waals surface area contributed by atoms with Crippen LogP contribution >= 0.6 is 27.5 Å². The zero-order chi connectivity index (χ0) is 15.4. The second-order valence-electron chi connectivity index (χ2n) is 4.86. The average Bonchev–Trinajstić information content (AvgIpc) is 2.77. The Labute approximate surface area is 138 Å². The van der Waals surface area contributed by atoms with E-state index in [-0.39, 0.29) is 5.78 Å². The summed E-state index contributed by atoms with van der Waals surface area (Å²) in [6, 6.07) is 7.78. The maximum absolute atomic E-state index is 12.3. The van der Waals surface area contributed by atoms with Gasteiger partial charge in [-0.2, -0.15) is 5.10 Å². The highest BCUT2D eigenvalue weighted by atomic mass is 79.9. The Morgan fingerprint density at radius 3 is 2.62 bits per heavy atom. The van der Waals surface area contributed by atoms with Crippen LogP contribution in [0.25, 0.3) is 0 Å². The second kappa shape index (κ2) is 7.23. The number of carbonyl (C=O) groups excluding carboxylic acids is 1. The summed E-state index contributed by atoms with van der Waals surface area (Å²) in [5, 5.41) is 5.09. The van der Waals surface area contributed by atoms with Crippen LogP contribution in [-0.2, 0) is 30.6 Å². The largest absolute Gasteiger partial charge is 0.299 e. The number of carbonyl (C=O) groups is 1. The van der Waals surface area contributed by atoms with Crippen LogP contribution in [0.4, 0.5) is 0 Å². The molecule has 0 saturated carbocycles. The third kappa shape index (κ3) is 3.74. The molecule has 21 heavy (non-hydrogen) atoms. The molecule has 3 nitrogen and oxygen atoms in total. The van der Waals surface area contributed by atoms with Crippen LogP contribution in [0.5, 0.6) is 0 Å². The fourth-order valence-electron chi connectivity index (χ4n) is 2.29. The van der Waals surface area contributed by atoms with Gasteiger partial charge in [0.1, 0.15) is 5.78 Å². The number of nitrogens with zero attached hydrogens (tertiary/aromatic N) is 2. The molecule has 0 atom stereocenters. The number of benzene rings is 1. The molecule has 2 rings (SSSR count). The number of aromatic nitrogens is 2. The van der Waals surface area contributed by atoms with E-state index in [0.717, 1.165) is 34.4 Å². The number of halogens is 2. The molecule has 112 valence electrons. The van der Waals surface area contributed by atoms with E-state index in [1.807, 2.05) is 42.8 Å². The van der Waals surface area contributed by atoms with Gasteiger partial charge in [0, 0.05) is 17.4 Å². The molecular weight excluding hydrogens is 352 g/mol. The van der Waals surface area contributed by atoms with Gasteiger partial charge < -0.3 is 0 Å². The van der Waals surface area contributed by atoms with Gasteiger partial charge in [-0.1, -0.05) is 52.7 Å². The molecule has 0 spiro atoms. The highest BCUT2D eigenvalue weighted by Gasteiger charge is 2.17. The fourth-order valence-corrected chi connectivity index (χ4v) is 3.05. The molecule has 5 heteroatoms. The lowest BCUT2D eigenvalue weighted by molar-refractivity contribution is -0.117. The molecule has 0 fully saturated rings. The third-order valence-corrected chi connectivity index (χ3v) is 4.61. The van der Waals surface area contributed by atoms with E-state index < -0.39 is 0 Å². The maximum Gasteiger partial charge on any atom is 0.143 e. The number of hydrogen-bond acceptors (Lipinski definition) is 2. The van der Waals surface area contributed by atoms with Crippen molar-refractivity contribution in [3.63, 3.8) is 0 Å². The molecule has 0 aliphatic carbocycles. The fraction of sp³-hybridized carbons (Fsp3) is 0.375. The lowest BCUT2D eigenvalue weighted by atomic mass is 10.1. The van der Waals surface area contributed by atoms with Crippen molar-refractivity contribution in [2.45, 2.75) is 39.7 Å². The minimum absolute atomic E-state index is 0.140. The van der Waals surface area contributed by atoms with Crippen molar-refractivity contribution < 1.29 is 4.79 Å². The molecule has 0 aliphatic rings. The third-order valence-electron chi connectivity index (χ3n) is 3.40. The van der Waals surface area contributed by atoms with Gasteiger partial charge in [-0.25, -0.2) is 0 Å². The van der Waals surface area contributed by atoms with Gasteiger partial charge in [-0.15, -0.1) is 0 Å². The average molecular weight is 370 g/mol. The molecule has 0 unspecified atom stereocenters. The molecule has 0 radical (unpaired) electrons. The van der Waals surface area contributed by atoms with Gasteiger partial charge in [0.25, 0.3) is 0 Å².